The van der Waals surface area contributed by atoms with Gasteiger partial charge in [-0.25, -0.2) is 8.42 Å². The van der Waals surface area contributed by atoms with Gasteiger partial charge in [-0.15, -0.1) is 0 Å². The van der Waals surface area contributed by atoms with Gasteiger partial charge in [-0.3, -0.25) is 10.1 Å². The zero-order valence-corrected chi connectivity index (χ0v) is 15.6. The van der Waals surface area contributed by atoms with Gasteiger partial charge in [0, 0.05) is 36.3 Å². The highest BCUT2D eigenvalue weighted by atomic mass is 35.5. The van der Waals surface area contributed by atoms with Gasteiger partial charge in [0.2, 0.25) is 10.0 Å². The van der Waals surface area contributed by atoms with E-state index in [2.05, 4.69) is 5.32 Å². The Morgan fingerprint density at radius 2 is 2.04 bits per heavy atom. The number of sulfonamides is 1. The molecule has 0 bridgehead atoms. The van der Waals surface area contributed by atoms with Crippen LogP contribution in [0.5, 0.6) is 0 Å². The van der Waals surface area contributed by atoms with Crippen molar-refractivity contribution in [2.75, 3.05) is 19.6 Å². The fraction of sp³-hybridized carbons (Fsp3) is 0.294. The molecule has 7 nitrogen and oxygen atoms in total. The maximum atomic E-state index is 13.2. The Morgan fingerprint density at radius 3 is 2.73 bits per heavy atom. The average Bonchev–Trinajstić information content (AvgIpc) is 2.61. The van der Waals surface area contributed by atoms with Crippen molar-refractivity contribution in [2.24, 2.45) is 0 Å². The van der Waals surface area contributed by atoms with E-state index >= 15 is 0 Å². The SMILES string of the molecule is Cc1ccc(S(=O)(=O)N2CCNCC2c2cccc(Cl)c2)cc1[N+](=O)[O-]. The van der Waals surface area contributed by atoms with Crippen LogP contribution in [0.2, 0.25) is 5.02 Å². The van der Waals surface area contributed by atoms with E-state index in [1.165, 1.54) is 16.4 Å². The number of halogens is 1. The van der Waals surface area contributed by atoms with E-state index in [1.807, 2.05) is 6.07 Å². The predicted octanol–water partition coefficient (Wildman–Crippen LogP) is 2.89. The summed E-state index contributed by atoms with van der Waals surface area (Å²) in [6.07, 6.45) is 0. The second-order valence-electron chi connectivity index (χ2n) is 6.10. The lowest BCUT2D eigenvalue weighted by molar-refractivity contribution is -0.385. The van der Waals surface area contributed by atoms with E-state index in [9.17, 15) is 18.5 Å². The first kappa shape index (κ1) is 18.8. The lowest BCUT2D eigenvalue weighted by Gasteiger charge is -2.35. The molecule has 1 aliphatic heterocycles. The molecule has 1 aliphatic rings. The molecule has 0 radical (unpaired) electrons. The number of nitrogens with zero attached hydrogens (tertiary/aromatic N) is 2. The van der Waals surface area contributed by atoms with Gasteiger partial charge in [-0.1, -0.05) is 29.8 Å². The number of benzene rings is 2. The Bertz CT molecular complexity index is 949. The molecule has 2 aromatic carbocycles. The van der Waals surface area contributed by atoms with Gasteiger partial charge in [0.05, 0.1) is 15.9 Å². The van der Waals surface area contributed by atoms with Gasteiger partial charge in [0.25, 0.3) is 5.69 Å². The van der Waals surface area contributed by atoms with E-state index < -0.39 is 21.0 Å². The molecule has 3 rings (SSSR count). The molecule has 0 aromatic heterocycles. The summed E-state index contributed by atoms with van der Waals surface area (Å²) in [7, 11) is -3.90. The summed E-state index contributed by atoms with van der Waals surface area (Å²) in [4.78, 5) is 10.5. The van der Waals surface area contributed by atoms with Crippen LogP contribution in [0.1, 0.15) is 17.2 Å². The van der Waals surface area contributed by atoms with Gasteiger partial charge in [-0.05, 0) is 30.7 Å². The van der Waals surface area contributed by atoms with Crippen molar-refractivity contribution in [3.8, 4) is 0 Å². The Balaban J connectivity index is 2.04. The fourth-order valence-corrected chi connectivity index (χ4v) is 4.89. The average molecular weight is 396 g/mol. The van der Waals surface area contributed by atoms with Crippen molar-refractivity contribution in [3.63, 3.8) is 0 Å². The minimum atomic E-state index is -3.90. The summed E-state index contributed by atoms with van der Waals surface area (Å²) in [5.74, 6) is 0. The van der Waals surface area contributed by atoms with Crippen molar-refractivity contribution in [1.29, 1.82) is 0 Å². The Kier molecular flexibility index (Phi) is 5.29. The normalized spacial score (nSPS) is 18.6. The lowest BCUT2D eigenvalue weighted by Crippen LogP contribution is -2.48. The summed E-state index contributed by atoms with van der Waals surface area (Å²) >= 11 is 6.05. The van der Waals surface area contributed by atoms with E-state index in [0.717, 1.165) is 11.6 Å². The largest absolute Gasteiger partial charge is 0.313 e. The minimum Gasteiger partial charge on any atom is -0.313 e. The van der Waals surface area contributed by atoms with Crippen molar-refractivity contribution in [1.82, 2.24) is 9.62 Å². The number of piperazine rings is 1. The number of rotatable bonds is 4. The van der Waals surface area contributed by atoms with E-state index in [0.29, 0.717) is 23.7 Å². The van der Waals surface area contributed by atoms with Crippen LogP contribution in [0, 0.1) is 17.0 Å². The topological polar surface area (TPSA) is 92.6 Å². The molecule has 1 unspecified atom stereocenters. The van der Waals surface area contributed by atoms with E-state index in [-0.39, 0.29) is 17.1 Å². The molecule has 1 heterocycles. The number of hydrogen-bond acceptors (Lipinski definition) is 5. The molecule has 0 amide bonds. The summed E-state index contributed by atoms with van der Waals surface area (Å²) in [5, 5.41) is 14.9. The molecule has 0 spiro atoms. The van der Waals surface area contributed by atoms with Crippen LogP contribution >= 0.6 is 11.6 Å². The maximum Gasteiger partial charge on any atom is 0.273 e. The number of nitro groups is 1. The van der Waals surface area contributed by atoms with Crippen LogP contribution in [0.3, 0.4) is 0 Å². The Labute approximate surface area is 156 Å². The molecule has 138 valence electrons. The highest BCUT2D eigenvalue weighted by Crippen LogP contribution is 2.32. The first-order chi connectivity index (χ1) is 12.3. The van der Waals surface area contributed by atoms with E-state index in [1.54, 1.807) is 25.1 Å². The standard InChI is InChI=1S/C17H18ClN3O4S/c1-12-5-6-15(10-16(12)21(22)23)26(24,25)20-8-7-19-11-17(20)13-3-2-4-14(18)9-13/h2-6,9-10,17,19H,7-8,11H2,1H3. The molecule has 1 fully saturated rings. The van der Waals surface area contributed by atoms with Gasteiger partial charge < -0.3 is 5.32 Å². The Morgan fingerprint density at radius 1 is 1.27 bits per heavy atom. The Hall–Kier alpha value is -2.00. The summed E-state index contributed by atoms with van der Waals surface area (Å²) in [5.41, 5.74) is 0.982. The molecule has 0 saturated carbocycles. The number of nitro benzene ring substituents is 1. The highest BCUT2D eigenvalue weighted by molar-refractivity contribution is 7.89. The van der Waals surface area contributed by atoms with Crippen molar-refractivity contribution in [2.45, 2.75) is 17.9 Å². The monoisotopic (exact) mass is 395 g/mol. The molecule has 2 aromatic rings. The van der Waals surface area contributed by atoms with Crippen molar-refractivity contribution in [3.05, 3.63) is 68.7 Å². The molecule has 0 aliphatic carbocycles. The molecule has 1 N–H and O–H groups in total. The number of nitrogens with one attached hydrogen (secondary N) is 1. The molecule has 9 heteroatoms. The second-order valence-corrected chi connectivity index (χ2v) is 8.42. The predicted molar refractivity (Wildman–Crippen MR) is 98.8 cm³/mol. The third-order valence-electron chi connectivity index (χ3n) is 4.41. The smallest absolute Gasteiger partial charge is 0.273 e. The fourth-order valence-electron chi connectivity index (χ4n) is 3.05. The molecule has 1 saturated heterocycles. The maximum absolute atomic E-state index is 13.2. The summed E-state index contributed by atoms with van der Waals surface area (Å²) in [6.45, 7) is 2.78. The molecule has 1 atom stereocenters. The van der Waals surface area contributed by atoms with Crippen LogP contribution < -0.4 is 5.32 Å². The molecular formula is C17H18ClN3O4S. The first-order valence-corrected chi connectivity index (χ1v) is 9.85. The molecular weight excluding hydrogens is 378 g/mol. The zero-order chi connectivity index (χ0) is 18.9. The number of hydrogen-bond donors (Lipinski definition) is 1. The third-order valence-corrected chi connectivity index (χ3v) is 6.55. The van der Waals surface area contributed by atoms with Gasteiger partial charge >= 0.3 is 0 Å². The van der Waals surface area contributed by atoms with Crippen molar-refractivity contribution < 1.29 is 13.3 Å². The zero-order valence-electron chi connectivity index (χ0n) is 14.1. The third kappa shape index (κ3) is 3.59. The van der Waals surface area contributed by atoms with Crippen LogP contribution in [0.4, 0.5) is 5.69 Å². The number of aryl methyl sites for hydroxylation is 1. The van der Waals surface area contributed by atoms with Crippen LogP contribution in [-0.4, -0.2) is 37.3 Å². The van der Waals surface area contributed by atoms with Gasteiger partial charge in [0.1, 0.15) is 0 Å². The van der Waals surface area contributed by atoms with Crippen LogP contribution in [0.15, 0.2) is 47.4 Å². The summed E-state index contributed by atoms with van der Waals surface area (Å²) < 4.78 is 27.7. The highest BCUT2D eigenvalue weighted by Gasteiger charge is 2.35. The first-order valence-electron chi connectivity index (χ1n) is 8.04. The van der Waals surface area contributed by atoms with Crippen LogP contribution in [0.25, 0.3) is 0 Å². The van der Waals surface area contributed by atoms with E-state index in [4.69, 9.17) is 11.6 Å². The quantitative estimate of drug-likeness (QED) is 0.634. The second kappa shape index (κ2) is 7.32. The minimum absolute atomic E-state index is 0.0799. The van der Waals surface area contributed by atoms with Gasteiger partial charge in [0.15, 0.2) is 0 Å². The summed E-state index contributed by atoms with van der Waals surface area (Å²) in [6, 6.07) is 10.6. The lowest BCUT2D eigenvalue weighted by atomic mass is 10.1. The van der Waals surface area contributed by atoms with Gasteiger partial charge in [-0.2, -0.15) is 4.31 Å². The van der Waals surface area contributed by atoms with Crippen molar-refractivity contribution >= 4 is 27.3 Å². The van der Waals surface area contributed by atoms with Crippen LogP contribution in [-0.2, 0) is 10.0 Å². The molecule has 26 heavy (non-hydrogen) atoms.